The van der Waals surface area contributed by atoms with Gasteiger partial charge in [-0.3, -0.25) is 4.79 Å². The highest BCUT2D eigenvalue weighted by Crippen LogP contribution is 2.21. The fraction of sp³-hybridized carbons (Fsp3) is 0.304. The van der Waals surface area contributed by atoms with E-state index < -0.39 is 0 Å². The third-order valence-electron chi connectivity index (χ3n) is 5.27. The molecule has 152 valence electrons. The van der Waals surface area contributed by atoms with Gasteiger partial charge in [-0.2, -0.15) is 0 Å². The molecule has 0 saturated carbocycles. The predicted octanol–water partition coefficient (Wildman–Crippen LogP) is 3.42. The van der Waals surface area contributed by atoms with Crippen LogP contribution in [0.4, 0.5) is 5.69 Å². The number of rotatable bonds is 6. The molecule has 0 aliphatic heterocycles. The van der Waals surface area contributed by atoms with Crippen molar-refractivity contribution in [2.75, 3.05) is 18.4 Å². The molecule has 0 fully saturated rings. The second kappa shape index (κ2) is 8.80. The molecule has 2 aromatic carbocycles. The third kappa shape index (κ3) is 5.05. The predicted molar refractivity (Wildman–Crippen MR) is 117 cm³/mol. The van der Waals surface area contributed by atoms with E-state index in [1.807, 2.05) is 45.9 Å². The summed E-state index contributed by atoms with van der Waals surface area (Å²) in [6, 6.07) is 10.9. The summed E-state index contributed by atoms with van der Waals surface area (Å²) in [5.41, 5.74) is 5.00. The van der Waals surface area contributed by atoms with Crippen LogP contribution in [0.25, 0.3) is 11.0 Å². The van der Waals surface area contributed by atoms with Crippen LogP contribution in [-0.2, 0) is 11.3 Å². The number of anilines is 1. The van der Waals surface area contributed by atoms with Crippen LogP contribution in [0.15, 0.2) is 45.6 Å². The first-order chi connectivity index (χ1) is 13.8. The number of hydrogen-bond acceptors (Lipinski definition) is 3. The van der Waals surface area contributed by atoms with Gasteiger partial charge in [-0.05, 0) is 68.7 Å². The van der Waals surface area contributed by atoms with Crippen molar-refractivity contribution in [1.82, 2.24) is 0 Å². The molecule has 3 aromatic rings. The summed E-state index contributed by atoms with van der Waals surface area (Å²) in [6.07, 6.45) is 0. The van der Waals surface area contributed by atoms with Crippen molar-refractivity contribution < 1.29 is 14.1 Å². The molecule has 3 rings (SSSR count). The fourth-order valence-electron chi connectivity index (χ4n) is 3.36. The Hall–Kier alpha value is -2.63. The minimum absolute atomic E-state index is 0.0912. The minimum Gasteiger partial charge on any atom is -0.423 e. The van der Waals surface area contributed by atoms with E-state index in [0.29, 0.717) is 17.2 Å². The Morgan fingerprint density at radius 2 is 1.79 bits per heavy atom. The molecule has 5 nitrogen and oxygen atoms in total. The summed E-state index contributed by atoms with van der Waals surface area (Å²) in [5.74, 6) is -0.0912. The fourth-order valence-corrected chi connectivity index (χ4v) is 3.53. The van der Waals surface area contributed by atoms with Crippen molar-refractivity contribution in [3.63, 3.8) is 0 Å². The molecule has 6 heteroatoms. The molecule has 1 unspecified atom stereocenters. The van der Waals surface area contributed by atoms with Crippen LogP contribution in [0.5, 0.6) is 0 Å². The van der Waals surface area contributed by atoms with E-state index in [2.05, 4.69) is 5.32 Å². The molecule has 29 heavy (non-hydrogen) atoms. The van der Waals surface area contributed by atoms with Gasteiger partial charge in [0.2, 0.25) is 0 Å². The van der Waals surface area contributed by atoms with Gasteiger partial charge in [0.15, 0.2) is 6.54 Å². The summed E-state index contributed by atoms with van der Waals surface area (Å²) in [5, 5.41) is 4.45. The lowest BCUT2D eigenvalue weighted by atomic mass is 10.0. The number of fused-ring (bicyclic) bond motifs is 1. The standard InChI is InChI=1S/C23H25ClN2O3/c1-5-26(13-22(27)25-20-11-18(24)7-6-14(20)2)12-17-10-23(28)29-21-9-16(4)15(3)8-19(17)21/h6-11H,5,12-13H2,1-4H3,(H,25,27)/p+1. The normalized spacial score (nSPS) is 12.2. The number of benzene rings is 2. The topological polar surface area (TPSA) is 63.8 Å². The van der Waals surface area contributed by atoms with Crippen molar-refractivity contribution in [3.05, 3.63) is 74.1 Å². The van der Waals surface area contributed by atoms with Crippen LogP contribution in [0.1, 0.15) is 29.2 Å². The number of quaternary nitrogens is 1. The van der Waals surface area contributed by atoms with Gasteiger partial charge in [-0.1, -0.05) is 17.7 Å². The molecule has 2 N–H and O–H groups in total. The number of hydrogen-bond donors (Lipinski definition) is 2. The van der Waals surface area contributed by atoms with Crippen LogP contribution in [0, 0.1) is 20.8 Å². The number of likely N-dealkylation sites (N-methyl/N-ethyl adjacent to an activating group) is 1. The van der Waals surface area contributed by atoms with Gasteiger partial charge in [0, 0.05) is 27.7 Å². The molecule has 0 radical (unpaired) electrons. The number of carbonyl (C=O) groups excluding carboxylic acids is 1. The molecule has 0 aliphatic rings. The Kier molecular flexibility index (Phi) is 6.40. The van der Waals surface area contributed by atoms with Gasteiger partial charge >= 0.3 is 5.63 Å². The summed E-state index contributed by atoms with van der Waals surface area (Å²) in [4.78, 5) is 25.7. The van der Waals surface area contributed by atoms with E-state index in [1.54, 1.807) is 12.1 Å². The lowest BCUT2D eigenvalue weighted by Gasteiger charge is -2.19. The Labute approximate surface area is 175 Å². The van der Waals surface area contributed by atoms with Crippen molar-refractivity contribution in [2.45, 2.75) is 34.2 Å². The second-order valence-corrected chi connectivity index (χ2v) is 7.92. The number of halogens is 1. The van der Waals surface area contributed by atoms with Crippen LogP contribution in [0.3, 0.4) is 0 Å². The van der Waals surface area contributed by atoms with Crippen molar-refractivity contribution in [1.29, 1.82) is 0 Å². The van der Waals surface area contributed by atoms with Gasteiger partial charge in [-0.15, -0.1) is 0 Å². The highest BCUT2D eigenvalue weighted by molar-refractivity contribution is 6.31. The molecule has 1 heterocycles. The maximum atomic E-state index is 12.6. The van der Waals surface area contributed by atoms with E-state index in [9.17, 15) is 9.59 Å². The molecule has 1 aromatic heterocycles. The SMILES string of the molecule is CC[NH+](CC(=O)Nc1cc(Cl)ccc1C)Cc1cc(=O)oc2cc(C)c(C)cc12. The Morgan fingerprint density at radius 3 is 2.52 bits per heavy atom. The van der Waals surface area contributed by atoms with Gasteiger partial charge in [0.1, 0.15) is 12.1 Å². The minimum atomic E-state index is -0.370. The quantitative estimate of drug-likeness (QED) is 0.608. The van der Waals surface area contributed by atoms with E-state index in [1.165, 1.54) is 6.07 Å². The van der Waals surface area contributed by atoms with Gasteiger partial charge in [0.05, 0.1) is 6.54 Å². The van der Waals surface area contributed by atoms with Crippen molar-refractivity contribution >= 4 is 34.2 Å². The summed E-state index contributed by atoms with van der Waals surface area (Å²) in [6.45, 7) is 9.57. The Morgan fingerprint density at radius 1 is 1.07 bits per heavy atom. The van der Waals surface area contributed by atoms with E-state index in [0.717, 1.165) is 44.8 Å². The zero-order valence-electron chi connectivity index (χ0n) is 17.2. The molecule has 0 saturated heterocycles. The third-order valence-corrected chi connectivity index (χ3v) is 5.50. The van der Waals surface area contributed by atoms with E-state index in [4.69, 9.17) is 16.0 Å². The lowest BCUT2D eigenvalue weighted by Crippen LogP contribution is -3.11. The molecule has 1 amide bonds. The highest BCUT2D eigenvalue weighted by atomic mass is 35.5. The Balaban J connectivity index is 1.81. The zero-order valence-corrected chi connectivity index (χ0v) is 17.9. The van der Waals surface area contributed by atoms with Crippen LogP contribution in [-0.4, -0.2) is 19.0 Å². The molecule has 0 bridgehead atoms. The largest absolute Gasteiger partial charge is 0.423 e. The van der Waals surface area contributed by atoms with Crippen molar-refractivity contribution in [2.24, 2.45) is 0 Å². The number of nitrogens with one attached hydrogen (secondary N) is 2. The van der Waals surface area contributed by atoms with Crippen LogP contribution in [0.2, 0.25) is 5.02 Å². The van der Waals surface area contributed by atoms with E-state index in [-0.39, 0.29) is 18.1 Å². The van der Waals surface area contributed by atoms with Gasteiger partial charge < -0.3 is 14.6 Å². The maximum absolute atomic E-state index is 12.6. The first-order valence-corrected chi connectivity index (χ1v) is 10.1. The maximum Gasteiger partial charge on any atom is 0.336 e. The van der Waals surface area contributed by atoms with Crippen molar-refractivity contribution in [3.8, 4) is 0 Å². The molecule has 0 aliphatic carbocycles. The number of amides is 1. The first kappa shape index (κ1) is 21.1. The number of carbonyl (C=O) groups is 1. The summed E-state index contributed by atoms with van der Waals surface area (Å²) < 4.78 is 5.38. The van der Waals surface area contributed by atoms with E-state index >= 15 is 0 Å². The van der Waals surface area contributed by atoms with Gasteiger partial charge in [0.25, 0.3) is 5.91 Å². The monoisotopic (exact) mass is 413 g/mol. The summed E-state index contributed by atoms with van der Waals surface area (Å²) in [7, 11) is 0. The van der Waals surface area contributed by atoms with Crippen LogP contribution < -0.4 is 15.8 Å². The lowest BCUT2D eigenvalue weighted by molar-refractivity contribution is -0.903. The molecule has 1 atom stereocenters. The smallest absolute Gasteiger partial charge is 0.336 e. The Bertz CT molecular complexity index is 1120. The first-order valence-electron chi connectivity index (χ1n) is 9.70. The number of aryl methyl sites for hydroxylation is 3. The second-order valence-electron chi connectivity index (χ2n) is 7.49. The average molecular weight is 414 g/mol. The highest BCUT2D eigenvalue weighted by Gasteiger charge is 2.17. The average Bonchev–Trinajstić information content (AvgIpc) is 2.65. The van der Waals surface area contributed by atoms with Gasteiger partial charge in [-0.25, -0.2) is 4.79 Å². The van der Waals surface area contributed by atoms with Crippen LogP contribution >= 0.6 is 11.6 Å². The zero-order chi connectivity index (χ0) is 21.1. The summed E-state index contributed by atoms with van der Waals surface area (Å²) >= 11 is 6.04. The molecular weight excluding hydrogens is 388 g/mol. The molecule has 0 spiro atoms. The molecular formula is C23H26ClN2O3+.